The minimum Gasteiger partial charge on any atom is -0.353 e. The van der Waals surface area contributed by atoms with Crippen molar-refractivity contribution in [3.8, 4) is 0 Å². The molecule has 0 saturated carbocycles. The Balaban J connectivity index is 0. The lowest BCUT2D eigenvalue weighted by Crippen LogP contribution is -2.50. The van der Waals surface area contributed by atoms with Crippen LogP contribution in [0.2, 0.25) is 0 Å². The molecule has 0 spiro atoms. The summed E-state index contributed by atoms with van der Waals surface area (Å²) >= 11 is 0. The zero-order valence-corrected chi connectivity index (χ0v) is 12.3. The molecule has 0 aromatic carbocycles. The molecule has 0 aromatic rings. The number of sulfone groups is 1. The number of halogens is 1. The van der Waals surface area contributed by atoms with Gasteiger partial charge in [0.2, 0.25) is 5.91 Å². The van der Waals surface area contributed by atoms with Crippen LogP contribution in [-0.2, 0) is 14.6 Å². The molecule has 1 amide bonds. The highest BCUT2D eigenvalue weighted by Crippen LogP contribution is 2.09. The molecule has 0 radical (unpaired) electrons. The van der Waals surface area contributed by atoms with Crippen molar-refractivity contribution in [1.29, 1.82) is 0 Å². The van der Waals surface area contributed by atoms with E-state index in [9.17, 15) is 13.2 Å². The van der Waals surface area contributed by atoms with Crippen LogP contribution in [0.4, 0.5) is 0 Å². The van der Waals surface area contributed by atoms with E-state index < -0.39 is 27.0 Å². The van der Waals surface area contributed by atoms with Crippen molar-refractivity contribution in [3.63, 3.8) is 0 Å². The lowest BCUT2D eigenvalue weighted by atomic mass is 9.94. The maximum atomic E-state index is 11.4. The molecule has 0 rings (SSSR count). The lowest BCUT2D eigenvalue weighted by Gasteiger charge is -2.26. The molecule has 0 heterocycles. The van der Waals surface area contributed by atoms with Gasteiger partial charge >= 0.3 is 0 Å². The van der Waals surface area contributed by atoms with Gasteiger partial charge < -0.3 is 11.1 Å². The number of amides is 1. The Bertz CT molecular complexity index is 326. The van der Waals surface area contributed by atoms with Crippen LogP contribution in [0.1, 0.15) is 33.6 Å². The van der Waals surface area contributed by atoms with Gasteiger partial charge in [0.25, 0.3) is 0 Å². The summed E-state index contributed by atoms with van der Waals surface area (Å²) in [6.07, 6.45) is 1.48. The topological polar surface area (TPSA) is 89.3 Å². The Kier molecular flexibility index (Phi) is 8.83. The van der Waals surface area contributed by atoms with Gasteiger partial charge in [0, 0.05) is 17.8 Å². The van der Waals surface area contributed by atoms with Crippen molar-refractivity contribution in [1.82, 2.24) is 5.32 Å². The van der Waals surface area contributed by atoms with Crippen molar-refractivity contribution in [2.45, 2.75) is 39.2 Å². The number of nitrogens with one attached hydrogen (secondary N) is 1. The van der Waals surface area contributed by atoms with E-state index in [0.29, 0.717) is 6.54 Å². The summed E-state index contributed by atoms with van der Waals surface area (Å²) in [5, 5.41) is 2.57. The van der Waals surface area contributed by atoms with Crippen molar-refractivity contribution in [3.05, 3.63) is 0 Å². The van der Waals surface area contributed by atoms with Gasteiger partial charge in [-0.25, -0.2) is 8.42 Å². The molecule has 0 aliphatic heterocycles. The molecule has 3 N–H and O–H groups in total. The number of carbonyl (C=O) groups excluding carboxylic acids is 1. The Morgan fingerprint density at radius 3 is 2.06 bits per heavy atom. The smallest absolute Gasteiger partial charge is 0.235 e. The molecule has 7 heteroatoms. The summed E-state index contributed by atoms with van der Waals surface area (Å²) < 4.78 is 22.4. The Morgan fingerprint density at radius 1 is 1.24 bits per heavy atom. The highest BCUT2D eigenvalue weighted by Gasteiger charge is 2.22. The summed E-state index contributed by atoms with van der Waals surface area (Å²) in [4.78, 5) is 11.4. The van der Waals surface area contributed by atoms with E-state index in [-0.39, 0.29) is 18.2 Å². The molecule has 0 saturated heterocycles. The predicted octanol–water partition coefficient (Wildman–Crippen LogP) is 0.477. The van der Waals surface area contributed by atoms with Gasteiger partial charge in [0.15, 0.2) is 9.84 Å². The fourth-order valence-electron chi connectivity index (χ4n) is 1.13. The summed E-state index contributed by atoms with van der Waals surface area (Å²) in [7, 11) is -3.25. The number of nitrogens with two attached hydrogens (primary N) is 1. The first kappa shape index (κ1) is 19.0. The highest BCUT2D eigenvalue weighted by atomic mass is 35.5. The summed E-state index contributed by atoms with van der Waals surface area (Å²) in [6.45, 7) is 5.73. The van der Waals surface area contributed by atoms with Crippen molar-refractivity contribution >= 4 is 28.2 Å². The zero-order valence-electron chi connectivity index (χ0n) is 10.7. The first-order valence-corrected chi connectivity index (χ1v) is 7.36. The number of hydrogen-bond acceptors (Lipinski definition) is 4. The molecule has 0 fully saturated rings. The van der Waals surface area contributed by atoms with E-state index in [4.69, 9.17) is 5.73 Å². The normalized spacial score (nSPS) is 11.8. The average Bonchev–Trinajstić information content (AvgIpc) is 2.25. The van der Waals surface area contributed by atoms with Crippen LogP contribution in [0.3, 0.4) is 0 Å². The van der Waals surface area contributed by atoms with Gasteiger partial charge in [-0.2, -0.15) is 0 Å². The monoisotopic (exact) mass is 286 g/mol. The molecule has 0 atom stereocenters. The van der Waals surface area contributed by atoms with Gasteiger partial charge in [0.1, 0.15) is 5.75 Å². The fourth-order valence-corrected chi connectivity index (χ4v) is 1.83. The summed E-state index contributed by atoms with van der Waals surface area (Å²) in [6, 6.07) is 0. The Morgan fingerprint density at radius 2 is 1.71 bits per heavy atom. The number of carbonyl (C=O) groups is 1. The molecule has 0 aliphatic carbocycles. The van der Waals surface area contributed by atoms with Gasteiger partial charge in [0.05, 0.1) is 0 Å². The van der Waals surface area contributed by atoms with E-state index in [1.807, 2.05) is 13.8 Å². The van der Waals surface area contributed by atoms with Crippen LogP contribution < -0.4 is 11.1 Å². The third kappa shape index (κ3) is 7.57. The van der Waals surface area contributed by atoms with Crippen molar-refractivity contribution < 1.29 is 13.2 Å². The largest absolute Gasteiger partial charge is 0.353 e. The van der Waals surface area contributed by atoms with Gasteiger partial charge in [-0.3, -0.25) is 4.79 Å². The maximum absolute atomic E-state index is 11.4. The van der Waals surface area contributed by atoms with E-state index in [1.54, 1.807) is 0 Å². The summed E-state index contributed by atoms with van der Waals surface area (Å²) in [5.41, 5.74) is 5.54. The second-order valence-electron chi connectivity index (χ2n) is 4.02. The molecule has 0 aromatic heterocycles. The minimum absolute atomic E-state index is 0. The number of rotatable bonds is 7. The van der Waals surface area contributed by atoms with Crippen molar-refractivity contribution in [2.24, 2.45) is 5.73 Å². The van der Waals surface area contributed by atoms with Gasteiger partial charge in [-0.15, -0.1) is 12.4 Å². The first-order chi connectivity index (χ1) is 7.28. The van der Waals surface area contributed by atoms with E-state index in [1.165, 1.54) is 6.92 Å². The maximum Gasteiger partial charge on any atom is 0.235 e. The second-order valence-corrected chi connectivity index (χ2v) is 6.38. The predicted molar refractivity (Wildman–Crippen MR) is 72.1 cm³/mol. The van der Waals surface area contributed by atoms with Crippen LogP contribution in [0.5, 0.6) is 0 Å². The third-order valence-electron chi connectivity index (χ3n) is 2.84. The minimum atomic E-state index is -3.25. The van der Waals surface area contributed by atoms with Gasteiger partial charge in [-0.05, 0) is 12.8 Å². The van der Waals surface area contributed by atoms with Crippen LogP contribution in [0.25, 0.3) is 0 Å². The standard InChI is InChI=1S/C10H22N2O3S.ClH/c1-4-10(11,5-2)8-12-9(13)7-16(14,15)6-3;/h4-8,11H2,1-3H3,(H,12,13);1H. The first-order valence-electron chi connectivity index (χ1n) is 5.54. The fraction of sp³-hybridized carbons (Fsp3) is 0.900. The zero-order chi connectivity index (χ0) is 12.8. The van der Waals surface area contributed by atoms with Crippen LogP contribution >= 0.6 is 12.4 Å². The number of hydrogen-bond donors (Lipinski definition) is 2. The highest BCUT2D eigenvalue weighted by molar-refractivity contribution is 7.92. The van der Waals surface area contributed by atoms with Crippen LogP contribution in [-0.4, -0.2) is 37.9 Å². The van der Waals surface area contributed by atoms with E-state index in [0.717, 1.165) is 12.8 Å². The van der Waals surface area contributed by atoms with Gasteiger partial charge in [-0.1, -0.05) is 20.8 Å². The molecule has 17 heavy (non-hydrogen) atoms. The molecular weight excluding hydrogens is 264 g/mol. The summed E-state index contributed by atoms with van der Waals surface area (Å²) in [5.74, 6) is -0.943. The molecule has 5 nitrogen and oxygen atoms in total. The quantitative estimate of drug-likeness (QED) is 0.712. The second kappa shape index (κ2) is 7.89. The molecule has 0 unspecified atom stereocenters. The Hall–Kier alpha value is -0.330. The molecule has 0 bridgehead atoms. The SMILES string of the molecule is CCC(N)(CC)CNC(=O)CS(=O)(=O)CC.Cl. The molecule has 104 valence electrons. The lowest BCUT2D eigenvalue weighted by molar-refractivity contribution is -0.118. The third-order valence-corrected chi connectivity index (χ3v) is 4.42. The van der Waals surface area contributed by atoms with E-state index in [2.05, 4.69) is 5.32 Å². The molecule has 0 aliphatic rings. The van der Waals surface area contributed by atoms with Crippen LogP contribution in [0, 0.1) is 0 Å². The average molecular weight is 287 g/mol. The van der Waals surface area contributed by atoms with Crippen LogP contribution in [0.15, 0.2) is 0 Å². The molecular formula is C10H23ClN2O3S. The van der Waals surface area contributed by atoms with Crippen molar-refractivity contribution in [2.75, 3.05) is 18.1 Å². The Labute approximate surface area is 110 Å². The van der Waals surface area contributed by atoms with E-state index >= 15 is 0 Å².